The standard InChI is InChI=1S/C11H13ClIN5O/c12-8-2-1-4-16-9(8)6-17-11(19)10(14)18-7-15-5-3-13/h1-2,4,7H,3,5-6H2,(H,17,19)(H2,14,15,18). The third kappa shape index (κ3) is 5.97. The number of pyridine rings is 1. The van der Waals surface area contributed by atoms with Gasteiger partial charge >= 0.3 is 0 Å². The quantitative estimate of drug-likeness (QED) is 0.340. The van der Waals surface area contributed by atoms with Gasteiger partial charge in [0.15, 0.2) is 5.84 Å². The normalized spacial score (nSPS) is 11.8. The van der Waals surface area contributed by atoms with Crippen LogP contribution in [0.3, 0.4) is 0 Å². The van der Waals surface area contributed by atoms with E-state index in [2.05, 4.69) is 42.9 Å². The van der Waals surface area contributed by atoms with Crippen molar-refractivity contribution in [3.05, 3.63) is 29.0 Å². The molecule has 102 valence electrons. The van der Waals surface area contributed by atoms with E-state index in [1.54, 1.807) is 18.3 Å². The van der Waals surface area contributed by atoms with Crippen LogP contribution in [0.1, 0.15) is 5.69 Å². The predicted molar refractivity (Wildman–Crippen MR) is 85.0 cm³/mol. The Labute approximate surface area is 129 Å². The van der Waals surface area contributed by atoms with Gasteiger partial charge in [0.1, 0.15) is 6.34 Å². The molecule has 1 aromatic rings. The van der Waals surface area contributed by atoms with Crippen molar-refractivity contribution in [3.8, 4) is 0 Å². The Morgan fingerprint density at radius 2 is 2.42 bits per heavy atom. The van der Waals surface area contributed by atoms with Crippen LogP contribution in [0, 0.1) is 0 Å². The molecule has 6 nitrogen and oxygen atoms in total. The summed E-state index contributed by atoms with van der Waals surface area (Å²) >= 11 is 8.10. The summed E-state index contributed by atoms with van der Waals surface area (Å²) in [7, 11) is 0. The third-order valence-electron chi connectivity index (χ3n) is 1.98. The topological polar surface area (TPSA) is 92.7 Å². The Bertz CT molecular complexity index is 492. The number of carbonyl (C=O) groups is 1. The van der Waals surface area contributed by atoms with E-state index >= 15 is 0 Å². The van der Waals surface area contributed by atoms with E-state index in [9.17, 15) is 4.79 Å². The number of alkyl halides is 1. The number of amides is 1. The number of nitrogens with zero attached hydrogens (tertiary/aromatic N) is 3. The van der Waals surface area contributed by atoms with Crippen molar-refractivity contribution in [2.75, 3.05) is 11.0 Å². The number of aliphatic imine (C=N–C) groups is 2. The summed E-state index contributed by atoms with van der Waals surface area (Å²) in [6.07, 6.45) is 2.88. The fourth-order valence-corrected chi connectivity index (χ4v) is 1.54. The van der Waals surface area contributed by atoms with Crippen molar-refractivity contribution >= 4 is 52.3 Å². The SMILES string of the molecule is NC(=NC=NCCI)C(=O)NCc1ncccc1Cl. The van der Waals surface area contributed by atoms with Crippen LogP contribution >= 0.6 is 34.2 Å². The second-order valence-electron chi connectivity index (χ2n) is 3.34. The molecule has 0 fully saturated rings. The first-order chi connectivity index (χ1) is 9.15. The minimum absolute atomic E-state index is 0.149. The third-order valence-corrected chi connectivity index (χ3v) is 2.80. The zero-order chi connectivity index (χ0) is 14.1. The Kier molecular flexibility index (Phi) is 7.34. The van der Waals surface area contributed by atoms with Crippen LogP contribution in [-0.2, 0) is 11.3 Å². The van der Waals surface area contributed by atoms with E-state index in [0.717, 1.165) is 4.43 Å². The van der Waals surface area contributed by atoms with Gasteiger partial charge in [-0.15, -0.1) is 0 Å². The average Bonchev–Trinajstić information content (AvgIpc) is 2.42. The lowest BCUT2D eigenvalue weighted by Crippen LogP contribution is -2.36. The van der Waals surface area contributed by atoms with Gasteiger partial charge in [0, 0.05) is 17.2 Å². The number of nitrogens with two attached hydrogens (primary N) is 1. The summed E-state index contributed by atoms with van der Waals surface area (Å²) in [4.78, 5) is 23.3. The zero-order valence-corrected chi connectivity index (χ0v) is 12.9. The van der Waals surface area contributed by atoms with E-state index in [1.807, 2.05) is 0 Å². The second kappa shape index (κ2) is 8.81. The van der Waals surface area contributed by atoms with Crippen molar-refractivity contribution in [2.24, 2.45) is 15.7 Å². The molecule has 0 spiro atoms. The van der Waals surface area contributed by atoms with Crippen LogP contribution in [0.4, 0.5) is 0 Å². The highest BCUT2D eigenvalue weighted by Gasteiger charge is 2.07. The summed E-state index contributed by atoms with van der Waals surface area (Å²) in [5.74, 6) is -0.632. The average molecular weight is 394 g/mol. The molecule has 1 aromatic heterocycles. The molecule has 0 aliphatic carbocycles. The van der Waals surface area contributed by atoms with Crippen molar-refractivity contribution in [1.29, 1.82) is 0 Å². The van der Waals surface area contributed by atoms with Crippen LogP contribution in [-0.4, -0.2) is 34.0 Å². The van der Waals surface area contributed by atoms with Crippen molar-refractivity contribution in [2.45, 2.75) is 6.54 Å². The number of aromatic nitrogens is 1. The highest BCUT2D eigenvalue weighted by Crippen LogP contribution is 2.11. The molecule has 0 bridgehead atoms. The monoisotopic (exact) mass is 393 g/mol. The molecule has 0 saturated heterocycles. The number of hydrogen-bond acceptors (Lipinski definition) is 3. The summed E-state index contributed by atoms with van der Waals surface area (Å²) < 4.78 is 0.883. The Morgan fingerprint density at radius 1 is 1.63 bits per heavy atom. The molecule has 0 radical (unpaired) electrons. The number of amidine groups is 1. The summed E-state index contributed by atoms with van der Waals surface area (Å²) in [5.41, 5.74) is 6.07. The maximum absolute atomic E-state index is 11.6. The van der Waals surface area contributed by atoms with E-state index < -0.39 is 5.91 Å². The Balaban J connectivity index is 2.49. The molecule has 8 heteroatoms. The molecule has 0 atom stereocenters. The van der Waals surface area contributed by atoms with Crippen LogP contribution in [0.15, 0.2) is 28.3 Å². The van der Waals surface area contributed by atoms with Crippen LogP contribution in [0.5, 0.6) is 0 Å². The molecule has 0 saturated carbocycles. The molecule has 1 heterocycles. The maximum atomic E-state index is 11.6. The van der Waals surface area contributed by atoms with Gasteiger partial charge in [-0.1, -0.05) is 34.2 Å². The van der Waals surface area contributed by atoms with Gasteiger partial charge in [-0.3, -0.25) is 14.8 Å². The number of halogens is 2. The van der Waals surface area contributed by atoms with E-state index in [1.165, 1.54) is 6.34 Å². The van der Waals surface area contributed by atoms with Crippen LogP contribution in [0.25, 0.3) is 0 Å². The molecule has 1 amide bonds. The van der Waals surface area contributed by atoms with Gasteiger partial charge < -0.3 is 11.1 Å². The van der Waals surface area contributed by atoms with Crippen molar-refractivity contribution < 1.29 is 4.79 Å². The fourth-order valence-electron chi connectivity index (χ4n) is 1.07. The van der Waals surface area contributed by atoms with Gasteiger partial charge in [0.2, 0.25) is 0 Å². The van der Waals surface area contributed by atoms with E-state index in [-0.39, 0.29) is 12.4 Å². The Hall–Kier alpha value is -1.22. The van der Waals surface area contributed by atoms with Gasteiger partial charge in [-0.2, -0.15) is 0 Å². The first kappa shape index (κ1) is 15.8. The van der Waals surface area contributed by atoms with E-state index in [0.29, 0.717) is 17.3 Å². The lowest BCUT2D eigenvalue weighted by molar-refractivity contribution is -0.115. The highest BCUT2D eigenvalue weighted by atomic mass is 127. The van der Waals surface area contributed by atoms with Crippen LogP contribution < -0.4 is 11.1 Å². The molecule has 0 aliphatic heterocycles. The number of hydrogen-bond donors (Lipinski definition) is 2. The molecular formula is C11H13ClIN5O. The minimum atomic E-state index is -0.484. The lowest BCUT2D eigenvalue weighted by Gasteiger charge is -2.04. The van der Waals surface area contributed by atoms with Crippen LogP contribution in [0.2, 0.25) is 5.02 Å². The van der Waals surface area contributed by atoms with Crippen molar-refractivity contribution in [3.63, 3.8) is 0 Å². The number of carbonyl (C=O) groups excluding carboxylic acids is 1. The minimum Gasteiger partial charge on any atom is -0.379 e. The molecule has 3 N–H and O–H groups in total. The summed E-state index contributed by atoms with van der Waals surface area (Å²) in [5, 5.41) is 3.06. The van der Waals surface area contributed by atoms with Gasteiger partial charge in [-0.25, -0.2) is 4.99 Å². The Morgan fingerprint density at radius 3 is 3.11 bits per heavy atom. The molecule has 0 unspecified atom stereocenters. The zero-order valence-electron chi connectivity index (χ0n) is 10.0. The molecule has 0 aromatic carbocycles. The summed E-state index contributed by atoms with van der Waals surface area (Å²) in [6, 6.07) is 3.41. The van der Waals surface area contributed by atoms with Crippen molar-refractivity contribution in [1.82, 2.24) is 10.3 Å². The first-order valence-electron chi connectivity index (χ1n) is 5.40. The smallest absolute Gasteiger partial charge is 0.286 e. The lowest BCUT2D eigenvalue weighted by atomic mass is 10.3. The van der Waals surface area contributed by atoms with Gasteiger partial charge in [-0.05, 0) is 12.1 Å². The van der Waals surface area contributed by atoms with Gasteiger partial charge in [0.05, 0.1) is 17.3 Å². The van der Waals surface area contributed by atoms with E-state index in [4.69, 9.17) is 17.3 Å². The molecule has 19 heavy (non-hydrogen) atoms. The first-order valence-corrected chi connectivity index (χ1v) is 7.30. The fraction of sp³-hybridized carbons (Fsp3) is 0.273. The maximum Gasteiger partial charge on any atom is 0.286 e. The second-order valence-corrected chi connectivity index (χ2v) is 4.83. The summed E-state index contributed by atoms with van der Waals surface area (Å²) in [6.45, 7) is 0.835. The molecule has 1 rings (SSSR count). The molecule has 0 aliphatic rings. The predicted octanol–water partition coefficient (Wildman–Crippen LogP) is 1.17. The van der Waals surface area contributed by atoms with Gasteiger partial charge in [0.25, 0.3) is 5.91 Å². The molecular weight excluding hydrogens is 381 g/mol. The highest BCUT2D eigenvalue weighted by molar-refractivity contribution is 14.1. The largest absolute Gasteiger partial charge is 0.379 e. The number of rotatable bonds is 5. The number of nitrogens with one attached hydrogen (secondary N) is 1.